The maximum atomic E-state index is 11.9. The Bertz CT molecular complexity index is 600. The first-order chi connectivity index (χ1) is 9.24. The van der Waals surface area contributed by atoms with Crippen LogP contribution < -0.4 is 4.90 Å². The molecule has 0 aliphatic carbocycles. The molecule has 1 amide bonds. The lowest BCUT2D eigenvalue weighted by atomic mass is 10.1. The third kappa shape index (κ3) is 4.13. The van der Waals surface area contributed by atoms with E-state index in [4.69, 9.17) is 10.7 Å². The van der Waals surface area contributed by atoms with Crippen molar-refractivity contribution < 1.29 is 13.2 Å². The highest BCUT2D eigenvalue weighted by atomic mass is 35.7. The molecular weight excluding hydrogens is 322 g/mol. The van der Waals surface area contributed by atoms with E-state index in [1.807, 2.05) is 0 Å². The molecule has 0 N–H and O–H groups in total. The molecule has 1 aromatic rings. The zero-order valence-electron chi connectivity index (χ0n) is 11.2. The molecule has 0 saturated carbocycles. The zero-order chi connectivity index (χ0) is 14.9. The molecule has 2 rings (SSSR count). The van der Waals surface area contributed by atoms with Gasteiger partial charge in [0.25, 0.3) is 0 Å². The molecule has 6 nitrogen and oxygen atoms in total. The van der Waals surface area contributed by atoms with Crippen molar-refractivity contribution in [2.24, 2.45) is 11.8 Å². The zero-order valence-corrected chi connectivity index (χ0v) is 13.6. The molecule has 1 atom stereocenters. The molecule has 0 aromatic carbocycles. The van der Waals surface area contributed by atoms with Crippen molar-refractivity contribution in [3.63, 3.8) is 0 Å². The maximum absolute atomic E-state index is 11.9. The standard InChI is InChI=1S/C11H16ClN3O3S2/c1-7(2)3-9-13-14-11(19-9)15-5-8(4-10(15)16)6-20(12,17)18/h7-8H,3-6H2,1-2H3. The Hall–Kier alpha value is -0.730. The van der Waals surface area contributed by atoms with E-state index in [1.165, 1.54) is 16.2 Å². The van der Waals surface area contributed by atoms with Gasteiger partial charge in [0, 0.05) is 36.0 Å². The number of anilines is 1. The molecule has 9 heteroatoms. The molecule has 1 unspecified atom stereocenters. The normalized spacial score (nSPS) is 20.1. The van der Waals surface area contributed by atoms with Crippen molar-refractivity contribution in [3.05, 3.63) is 5.01 Å². The van der Waals surface area contributed by atoms with Crippen LogP contribution in [-0.2, 0) is 20.3 Å². The maximum Gasteiger partial charge on any atom is 0.232 e. The molecule has 1 aliphatic rings. The highest BCUT2D eigenvalue weighted by Crippen LogP contribution is 2.29. The fourth-order valence-electron chi connectivity index (χ4n) is 2.15. The smallest absolute Gasteiger partial charge is 0.232 e. The van der Waals surface area contributed by atoms with Gasteiger partial charge in [-0.1, -0.05) is 25.2 Å². The van der Waals surface area contributed by atoms with E-state index in [9.17, 15) is 13.2 Å². The predicted octanol–water partition coefficient (Wildman–Crippen LogP) is 1.66. The summed E-state index contributed by atoms with van der Waals surface area (Å²) in [7, 11) is 1.65. The molecule has 1 saturated heterocycles. The minimum atomic E-state index is -3.59. The van der Waals surface area contributed by atoms with Gasteiger partial charge in [0.2, 0.25) is 20.1 Å². The third-order valence-electron chi connectivity index (χ3n) is 2.91. The van der Waals surface area contributed by atoms with Crippen molar-refractivity contribution in [2.75, 3.05) is 17.2 Å². The van der Waals surface area contributed by atoms with E-state index in [0.29, 0.717) is 17.6 Å². The Morgan fingerprint density at radius 2 is 2.15 bits per heavy atom. The number of hydrogen-bond acceptors (Lipinski definition) is 6. The van der Waals surface area contributed by atoms with Crippen molar-refractivity contribution in [2.45, 2.75) is 26.7 Å². The molecule has 0 bridgehead atoms. The van der Waals surface area contributed by atoms with Crippen molar-refractivity contribution in [1.29, 1.82) is 0 Å². The van der Waals surface area contributed by atoms with Crippen LogP contribution >= 0.6 is 22.0 Å². The first-order valence-electron chi connectivity index (χ1n) is 6.29. The average molecular weight is 338 g/mol. The van der Waals surface area contributed by atoms with Gasteiger partial charge in [-0.25, -0.2) is 8.42 Å². The third-order valence-corrected chi connectivity index (χ3v) is 5.13. The van der Waals surface area contributed by atoms with Crippen LogP contribution in [0.4, 0.5) is 5.13 Å². The second-order valence-electron chi connectivity index (χ2n) is 5.36. The van der Waals surface area contributed by atoms with Gasteiger partial charge in [-0.05, 0) is 5.92 Å². The monoisotopic (exact) mass is 337 g/mol. The van der Waals surface area contributed by atoms with Crippen LogP contribution in [-0.4, -0.2) is 36.8 Å². The Morgan fingerprint density at radius 3 is 2.75 bits per heavy atom. The molecule has 0 radical (unpaired) electrons. The number of nitrogens with zero attached hydrogens (tertiary/aromatic N) is 3. The van der Waals surface area contributed by atoms with Crippen LogP contribution in [0.25, 0.3) is 0 Å². The van der Waals surface area contributed by atoms with Gasteiger partial charge in [-0.3, -0.25) is 9.69 Å². The lowest BCUT2D eigenvalue weighted by Crippen LogP contribution is -2.25. The number of carbonyl (C=O) groups excluding carboxylic acids is 1. The van der Waals surface area contributed by atoms with E-state index in [0.717, 1.165) is 11.4 Å². The largest absolute Gasteiger partial charge is 0.286 e. The van der Waals surface area contributed by atoms with Crippen LogP contribution in [0.15, 0.2) is 0 Å². The van der Waals surface area contributed by atoms with Crippen LogP contribution in [0.2, 0.25) is 0 Å². The van der Waals surface area contributed by atoms with Crippen LogP contribution in [0.1, 0.15) is 25.3 Å². The minimum absolute atomic E-state index is 0.123. The number of amides is 1. The summed E-state index contributed by atoms with van der Waals surface area (Å²) in [4.78, 5) is 13.4. The summed E-state index contributed by atoms with van der Waals surface area (Å²) in [5.41, 5.74) is 0. The molecule has 20 heavy (non-hydrogen) atoms. The van der Waals surface area contributed by atoms with Gasteiger partial charge in [0.1, 0.15) is 5.01 Å². The fraction of sp³-hybridized carbons (Fsp3) is 0.727. The second-order valence-corrected chi connectivity index (χ2v) is 9.22. The minimum Gasteiger partial charge on any atom is -0.286 e. The summed E-state index contributed by atoms with van der Waals surface area (Å²) >= 11 is 1.38. The number of hydrogen-bond donors (Lipinski definition) is 0. The average Bonchev–Trinajstić information content (AvgIpc) is 2.82. The van der Waals surface area contributed by atoms with E-state index in [1.54, 1.807) is 0 Å². The highest BCUT2D eigenvalue weighted by molar-refractivity contribution is 8.13. The number of halogens is 1. The summed E-state index contributed by atoms with van der Waals surface area (Å²) in [6.07, 6.45) is 1.00. The fourth-order valence-corrected chi connectivity index (χ4v) is 4.54. The highest BCUT2D eigenvalue weighted by Gasteiger charge is 2.34. The van der Waals surface area contributed by atoms with Gasteiger partial charge in [-0.2, -0.15) is 0 Å². The molecule has 0 spiro atoms. The summed E-state index contributed by atoms with van der Waals surface area (Å²) in [6, 6.07) is 0. The molecule has 1 fully saturated rings. The first-order valence-corrected chi connectivity index (χ1v) is 9.59. The second kappa shape index (κ2) is 5.95. The van der Waals surface area contributed by atoms with Crippen LogP contribution in [0, 0.1) is 11.8 Å². The van der Waals surface area contributed by atoms with Crippen molar-refractivity contribution in [1.82, 2.24) is 10.2 Å². The molecule has 1 aliphatic heterocycles. The summed E-state index contributed by atoms with van der Waals surface area (Å²) in [5.74, 6) is -0.113. The van der Waals surface area contributed by atoms with Gasteiger partial charge >= 0.3 is 0 Å². The van der Waals surface area contributed by atoms with Crippen LogP contribution in [0.3, 0.4) is 0 Å². The lowest BCUT2D eigenvalue weighted by molar-refractivity contribution is -0.117. The SMILES string of the molecule is CC(C)Cc1nnc(N2CC(CS(=O)(=O)Cl)CC2=O)s1. The van der Waals surface area contributed by atoms with Crippen molar-refractivity contribution >= 4 is 42.1 Å². The summed E-state index contributed by atoms with van der Waals surface area (Å²) in [6.45, 7) is 4.51. The Kier molecular flexibility index (Phi) is 4.66. The molecule has 2 heterocycles. The van der Waals surface area contributed by atoms with Gasteiger partial charge in [-0.15, -0.1) is 10.2 Å². The van der Waals surface area contributed by atoms with Crippen LogP contribution in [0.5, 0.6) is 0 Å². The predicted molar refractivity (Wildman–Crippen MR) is 78.6 cm³/mol. The number of rotatable bonds is 5. The number of carbonyl (C=O) groups is 1. The lowest BCUT2D eigenvalue weighted by Gasteiger charge is -2.11. The molecular formula is C11H16ClN3O3S2. The topological polar surface area (TPSA) is 80.2 Å². The summed E-state index contributed by atoms with van der Waals surface area (Å²) in [5, 5.41) is 9.52. The van der Waals surface area contributed by atoms with Gasteiger partial charge in [0.15, 0.2) is 0 Å². The van der Waals surface area contributed by atoms with Gasteiger partial charge < -0.3 is 0 Å². The molecule has 112 valence electrons. The van der Waals surface area contributed by atoms with E-state index >= 15 is 0 Å². The molecule has 1 aromatic heterocycles. The quantitative estimate of drug-likeness (QED) is 0.763. The van der Waals surface area contributed by atoms with E-state index in [2.05, 4.69) is 24.0 Å². The Labute approximate surface area is 126 Å². The summed E-state index contributed by atoms with van der Waals surface area (Å²) < 4.78 is 22.1. The van der Waals surface area contributed by atoms with E-state index in [-0.39, 0.29) is 24.0 Å². The van der Waals surface area contributed by atoms with E-state index < -0.39 is 9.05 Å². The number of aromatic nitrogens is 2. The Balaban J connectivity index is 2.06. The van der Waals surface area contributed by atoms with Gasteiger partial charge in [0.05, 0.1) is 5.75 Å². The Morgan fingerprint density at radius 1 is 1.45 bits per heavy atom. The van der Waals surface area contributed by atoms with Crippen molar-refractivity contribution in [3.8, 4) is 0 Å². The first kappa shape index (κ1) is 15.7.